The number of piperidine rings is 1. The smallest absolute Gasteiger partial charge is 0.270 e. The molecule has 124 valence electrons. The molecule has 0 spiro atoms. The molecule has 0 bridgehead atoms. The second-order valence-electron chi connectivity index (χ2n) is 5.89. The molecule has 2 N–H and O–H groups in total. The Kier molecular flexibility index (Phi) is 5.80. The number of amides is 1. The number of H-pyrrole nitrogens is 1. The number of benzene rings is 1. The summed E-state index contributed by atoms with van der Waals surface area (Å²) in [5.74, 6) is 0.551. The molecule has 1 aliphatic heterocycles. The summed E-state index contributed by atoms with van der Waals surface area (Å²) < 4.78 is 0. The van der Waals surface area contributed by atoms with Gasteiger partial charge in [0.1, 0.15) is 5.69 Å². The van der Waals surface area contributed by atoms with Crippen LogP contribution in [0.1, 0.15) is 23.3 Å². The van der Waals surface area contributed by atoms with Crippen molar-refractivity contribution in [2.24, 2.45) is 5.92 Å². The fourth-order valence-electron chi connectivity index (χ4n) is 3.13. The van der Waals surface area contributed by atoms with Crippen molar-refractivity contribution in [1.82, 2.24) is 15.2 Å². The number of aromatic amines is 1. The summed E-state index contributed by atoms with van der Waals surface area (Å²) in [5, 5.41) is 4.61. The van der Waals surface area contributed by atoms with Gasteiger partial charge in [-0.05, 0) is 49.9 Å². The van der Waals surface area contributed by atoms with E-state index in [1.807, 2.05) is 30.1 Å². The maximum Gasteiger partial charge on any atom is 0.270 e. The van der Waals surface area contributed by atoms with Gasteiger partial charge in [0.05, 0.1) is 0 Å². The number of pyridine rings is 1. The summed E-state index contributed by atoms with van der Waals surface area (Å²) in [6, 6.07) is 9.11. The minimum absolute atomic E-state index is 0. The van der Waals surface area contributed by atoms with Crippen LogP contribution < -0.4 is 10.9 Å². The van der Waals surface area contributed by atoms with E-state index in [4.69, 9.17) is 0 Å². The lowest BCUT2D eigenvalue weighted by Crippen LogP contribution is -2.41. The predicted octanol–water partition coefficient (Wildman–Crippen LogP) is 2.02. The average Bonchev–Trinajstić information content (AvgIpc) is 2.55. The van der Waals surface area contributed by atoms with Crippen molar-refractivity contribution in [2.75, 3.05) is 26.7 Å². The average molecular weight is 336 g/mol. The quantitative estimate of drug-likeness (QED) is 0.902. The predicted molar refractivity (Wildman–Crippen MR) is 94.4 cm³/mol. The van der Waals surface area contributed by atoms with Crippen LogP contribution in [0.2, 0.25) is 0 Å². The standard InChI is InChI=1S/C17H21N3O2.ClH/c1-18-11-12-6-8-20(9-7-12)17(22)15-10-13-4-2-3-5-14(13)16(21)19-15;/h2-5,10,12,18H,6-9,11H2,1H3,(H,19,21);1H. The Morgan fingerprint density at radius 2 is 2.00 bits per heavy atom. The van der Waals surface area contributed by atoms with Crippen molar-refractivity contribution in [3.05, 3.63) is 46.4 Å². The normalized spacial score (nSPS) is 15.4. The Labute approximate surface area is 141 Å². The van der Waals surface area contributed by atoms with Gasteiger partial charge in [0, 0.05) is 18.5 Å². The Hall–Kier alpha value is -1.85. The zero-order valence-corrected chi connectivity index (χ0v) is 14.0. The van der Waals surface area contributed by atoms with Gasteiger partial charge in [-0.1, -0.05) is 18.2 Å². The Morgan fingerprint density at radius 3 is 2.70 bits per heavy atom. The van der Waals surface area contributed by atoms with Gasteiger partial charge in [0.25, 0.3) is 11.5 Å². The summed E-state index contributed by atoms with van der Waals surface area (Å²) >= 11 is 0. The first kappa shape index (κ1) is 17.5. The van der Waals surface area contributed by atoms with Crippen LogP contribution >= 0.6 is 12.4 Å². The Bertz CT molecular complexity index is 736. The summed E-state index contributed by atoms with van der Waals surface area (Å²) in [5.41, 5.74) is 0.183. The summed E-state index contributed by atoms with van der Waals surface area (Å²) in [6.45, 7) is 2.49. The molecule has 1 amide bonds. The van der Waals surface area contributed by atoms with Gasteiger partial charge in [-0.25, -0.2) is 0 Å². The molecule has 0 saturated carbocycles. The highest BCUT2D eigenvalue weighted by Gasteiger charge is 2.24. The molecule has 0 unspecified atom stereocenters. The van der Waals surface area contributed by atoms with Crippen molar-refractivity contribution in [1.29, 1.82) is 0 Å². The van der Waals surface area contributed by atoms with E-state index in [2.05, 4.69) is 10.3 Å². The molecule has 23 heavy (non-hydrogen) atoms. The number of fused-ring (bicyclic) bond motifs is 1. The molecule has 0 aliphatic carbocycles. The van der Waals surface area contributed by atoms with Crippen molar-refractivity contribution in [2.45, 2.75) is 12.8 Å². The monoisotopic (exact) mass is 335 g/mol. The zero-order valence-electron chi connectivity index (χ0n) is 13.2. The van der Waals surface area contributed by atoms with Gasteiger partial charge in [0.2, 0.25) is 0 Å². The molecular formula is C17H22ClN3O2. The molecule has 2 aromatic rings. The maximum absolute atomic E-state index is 12.6. The van der Waals surface area contributed by atoms with Crippen LogP contribution in [0.5, 0.6) is 0 Å². The van der Waals surface area contributed by atoms with E-state index in [-0.39, 0.29) is 23.9 Å². The first-order valence-corrected chi connectivity index (χ1v) is 7.75. The molecule has 1 aromatic heterocycles. The fraction of sp³-hybridized carbons (Fsp3) is 0.412. The third-order valence-electron chi connectivity index (χ3n) is 4.38. The molecule has 5 nitrogen and oxygen atoms in total. The lowest BCUT2D eigenvalue weighted by atomic mass is 9.96. The third kappa shape index (κ3) is 3.74. The summed E-state index contributed by atoms with van der Waals surface area (Å²) in [7, 11) is 1.96. The molecule has 1 aliphatic rings. The third-order valence-corrected chi connectivity index (χ3v) is 4.38. The molecule has 1 saturated heterocycles. The van der Waals surface area contributed by atoms with Crippen molar-refractivity contribution in [3.8, 4) is 0 Å². The van der Waals surface area contributed by atoms with Gasteiger partial charge in [-0.15, -0.1) is 12.4 Å². The maximum atomic E-state index is 12.6. The highest BCUT2D eigenvalue weighted by molar-refractivity contribution is 5.96. The topological polar surface area (TPSA) is 65.2 Å². The van der Waals surface area contributed by atoms with Crippen LogP contribution in [0.25, 0.3) is 10.8 Å². The van der Waals surface area contributed by atoms with Crippen LogP contribution in [0.4, 0.5) is 0 Å². The highest BCUT2D eigenvalue weighted by Crippen LogP contribution is 2.18. The highest BCUT2D eigenvalue weighted by atomic mass is 35.5. The molecule has 1 aromatic carbocycles. The van der Waals surface area contributed by atoms with E-state index in [0.29, 0.717) is 17.0 Å². The largest absolute Gasteiger partial charge is 0.337 e. The minimum Gasteiger partial charge on any atom is -0.337 e. The number of likely N-dealkylation sites (tertiary alicyclic amines) is 1. The van der Waals surface area contributed by atoms with Crippen LogP contribution in [-0.4, -0.2) is 42.5 Å². The van der Waals surface area contributed by atoms with E-state index in [0.717, 1.165) is 37.9 Å². The van der Waals surface area contributed by atoms with E-state index in [1.165, 1.54) is 0 Å². The van der Waals surface area contributed by atoms with Crippen LogP contribution in [0.3, 0.4) is 0 Å². The first-order valence-electron chi connectivity index (χ1n) is 7.75. The second-order valence-corrected chi connectivity index (χ2v) is 5.89. The van der Waals surface area contributed by atoms with Crippen molar-refractivity contribution < 1.29 is 4.79 Å². The molecule has 0 radical (unpaired) electrons. The van der Waals surface area contributed by atoms with E-state index in [1.54, 1.807) is 12.1 Å². The van der Waals surface area contributed by atoms with Gasteiger partial charge < -0.3 is 15.2 Å². The molecular weight excluding hydrogens is 314 g/mol. The number of rotatable bonds is 3. The number of nitrogens with one attached hydrogen (secondary N) is 2. The van der Waals surface area contributed by atoms with Crippen LogP contribution in [0.15, 0.2) is 35.1 Å². The number of hydrogen-bond acceptors (Lipinski definition) is 3. The lowest BCUT2D eigenvalue weighted by molar-refractivity contribution is 0.0685. The van der Waals surface area contributed by atoms with Crippen LogP contribution in [-0.2, 0) is 0 Å². The fourth-order valence-corrected chi connectivity index (χ4v) is 3.13. The number of carbonyl (C=O) groups is 1. The number of halogens is 1. The van der Waals surface area contributed by atoms with Crippen molar-refractivity contribution >= 4 is 29.1 Å². The summed E-state index contributed by atoms with van der Waals surface area (Å²) in [4.78, 5) is 29.3. The van der Waals surface area contributed by atoms with E-state index in [9.17, 15) is 9.59 Å². The van der Waals surface area contributed by atoms with E-state index < -0.39 is 0 Å². The number of hydrogen-bond donors (Lipinski definition) is 2. The minimum atomic E-state index is -0.202. The molecule has 2 heterocycles. The number of carbonyl (C=O) groups excluding carboxylic acids is 1. The van der Waals surface area contributed by atoms with Gasteiger partial charge in [0.15, 0.2) is 0 Å². The molecule has 3 rings (SSSR count). The van der Waals surface area contributed by atoms with Gasteiger partial charge in [-0.2, -0.15) is 0 Å². The van der Waals surface area contributed by atoms with E-state index >= 15 is 0 Å². The molecule has 1 fully saturated rings. The Morgan fingerprint density at radius 1 is 1.30 bits per heavy atom. The second kappa shape index (κ2) is 7.62. The SMILES string of the molecule is CNCC1CCN(C(=O)c2cc3ccccc3c(=O)[nH]2)CC1.Cl. The lowest BCUT2D eigenvalue weighted by Gasteiger charge is -2.31. The zero-order chi connectivity index (χ0) is 15.5. The van der Waals surface area contributed by atoms with Gasteiger partial charge in [-0.3, -0.25) is 9.59 Å². The number of aromatic nitrogens is 1. The molecule has 6 heteroatoms. The summed E-state index contributed by atoms with van der Waals surface area (Å²) in [6.07, 6.45) is 2.01. The van der Waals surface area contributed by atoms with Crippen molar-refractivity contribution in [3.63, 3.8) is 0 Å². The Balaban J connectivity index is 0.00000192. The van der Waals surface area contributed by atoms with Crippen LogP contribution in [0, 0.1) is 5.92 Å². The number of nitrogens with zero attached hydrogens (tertiary/aromatic N) is 1. The first-order chi connectivity index (χ1) is 10.7. The van der Waals surface area contributed by atoms with Gasteiger partial charge >= 0.3 is 0 Å². The molecule has 0 atom stereocenters.